The maximum absolute atomic E-state index is 10.9. The highest BCUT2D eigenvalue weighted by Gasteiger charge is 2.14. The quantitative estimate of drug-likeness (QED) is 0.906. The van der Waals surface area contributed by atoms with E-state index in [0.717, 1.165) is 0 Å². The highest BCUT2D eigenvalue weighted by Crippen LogP contribution is 2.25. The van der Waals surface area contributed by atoms with E-state index in [-0.39, 0.29) is 22.8 Å². The predicted molar refractivity (Wildman–Crippen MR) is 67.5 cm³/mol. The Morgan fingerprint density at radius 1 is 1.35 bits per heavy atom. The molecule has 2 aromatic heterocycles. The number of ether oxygens (including phenoxy) is 1. The maximum atomic E-state index is 10.9. The number of hydrogen-bond donors (Lipinski definition) is 1. The third-order valence-corrected chi connectivity index (χ3v) is 2.71. The molecule has 100 valence electrons. The third kappa shape index (κ3) is 2.54. The number of pyridine rings is 1. The van der Waals surface area contributed by atoms with Gasteiger partial charge in [-0.2, -0.15) is 10.4 Å². The van der Waals surface area contributed by atoms with E-state index in [1.54, 1.807) is 13.8 Å². The van der Waals surface area contributed by atoms with Crippen LogP contribution in [0.3, 0.4) is 0 Å². The lowest BCUT2D eigenvalue weighted by Gasteiger charge is -2.08. The molecule has 1 N–H and O–H groups in total. The van der Waals surface area contributed by atoms with E-state index < -0.39 is 5.97 Å². The molecule has 2 rings (SSSR count). The van der Waals surface area contributed by atoms with E-state index in [1.807, 2.05) is 6.07 Å². The Hall–Kier alpha value is -3.01. The number of nitrogens with zero attached hydrogens (tertiary/aromatic N) is 4. The first-order chi connectivity index (χ1) is 9.52. The summed E-state index contributed by atoms with van der Waals surface area (Å²) in [5.41, 5.74) is 1.54. The summed E-state index contributed by atoms with van der Waals surface area (Å²) in [4.78, 5) is 14.6. The second-order valence-electron chi connectivity index (χ2n) is 4.02. The van der Waals surface area contributed by atoms with E-state index in [2.05, 4.69) is 15.2 Å². The topological polar surface area (TPSA) is 109 Å². The first-order valence-corrected chi connectivity index (χ1v) is 5.63. The molecule has 0 saturated heterocycles. The van der Waals surface area contributed by atoms with Crippen LogP contribution in [0.4, 0.5) is 0 Å². The summed E-state index contributed by atoms with van der Waals surface area (Å²) in [5, 5.41) is 25.7. The monoisotopic (exact) mass is 270 g/mol. The van der Waals surface area contributed by atoms with Crippen LogP contribution in [-0.4, -0.2) is 26.3 Å². The molecule has 0 unspecified atom stereocenters. The Morgan fingerprint density at radius 2 is 2.10 bits per heavy atom. The number of hydrogen-bond acceptors (Lipinski definition) is 6. The molecule has 0 atom stereocenters. The lowest BCUT2D eigenvalue weighted by atomic mass is 10.1. The molecule has 0 aliphatic rings. The fraction of sp³-hybridized carbons (Fsp3) is 0.154. The molecule has 0 aliphatic heterocycles. The molecule has 0 aliphatic carbocycles. The van der Waals surface area contributed by atoms with Crippen molar-refractivity contribution in [2.45, 2.75) is 13.8 Å². The summed E-state index contributed by atoms with van der Waals surface area (Å²) in [7, 11) is 0. The van der Waals surface area contributed by atoms with Gasteiger partial charge < -0.3 is 9.84 Å². The summed E-state index contributed by atoms with van der Waals surface area (Å²) in [5.74, 6) is -0.909. The van der Waals surface area contributed by atoms with Crippen molar-refractivity contribution in [1.82, 2.24) is 15.2 Å². The summed E-state index contributed by atoms with van der Waals surface area (Å²) in [6.45, 7) is 3.47. The van der Waals surface area contributed by atoms with Gasteiger partial charge in [0.2, 0.25) is 0 Å². The largest absolute Gasteiger partial charge is 0.478 e. The van der Waals surface area contributed by atoms with Crippen molar-refractivity contribution in [2.75, 3.05) is 0 Å². The molecule has 0 saturated carbocycles. The molecule has 0 spiro atoms. The smallest absolute Gasteiger partial charge is 0.337 e. The molecule has 2 aromatic rings. The second-order valence-corrected chi connectivity index (χ2v) is 4.02. The fourth-order valence-corrected chi connectivity index (χ4v) is 1.49. The number of aromatic carboxylic acids is 1. The van der Waals surface area contributed by atoms with Crippen molar-refractivity contribution in [3.63, 3.8) is 0 Å². The van der Waals surface area contributed by atoms with E-state index in [0.29, 0.717) is 11.3 Å². The van der Waals surface area contributed by atoms with Gasteiger partial charge in [-0.25, -0.2) is 4.79 Å². The maximum Gasteiger partial charge on any atom is 0.337 e. The second kappa shape index (κ2) is 5.32. The number of nitriles is 1. The van der Waals surface area contributed by atoms with Gasteiger partial charge in [0.15, 0.2) is 0 Å². The molecule has 7 heteroatoms. The first kappa shape index (κ1) is 13.4. The van der Waals surface area contributed by atoms with Crippen LogP contribution in [0.5, 0.6) is 11.6 Å². The normalized spacial score (nSPS) is 9.85. The number of rotatable bonds is 3. The van der Waals surface area contributed by atoms with E-state index in [1.165, 1.54) is 18.5 Å². The van der Waals surface area contributed by atoms with Crippen molar-refractivity contribution in [1.29, 1.82) is 5.26 Å². The molecule has 0 radical (unpaired) electrons. The Balaban J connectivity index is 2.41. The molecular weight excluding hydrogens is 260 g/mol. The van der Waals surface area contributed by atoms with Crippen molar-refractivity contribution < 1.29 is 14.6 Å². The van der Waals surface area contributed by atoms with Gasteiger partial charge in [0, 0.05) is 6.20 Å². The molecule has 7 nitrogen and oxygen atoms in total. The van der Waals surface area contributed by atoms with E-state index >= 15 is 0 Å². The highest BCUT2D eigenvalue weighted by atomic mass is 16.5. The first-order valence-electron chi connectivity index (χ1n) is 5.63. The van der Waals surface area contributed by atoms with Crippen molar-refractivity contribution in [3.05, 3.63) is 40.8 Å². The Bertz CT molecular complexity index is 722. The molecule has 20 heavy (non-hydrogen) atoms. The average Bonchev–Trinajstić information content (AvgIpc) is 2.43. The minimum atomic E-state index is -1.12. The number of carboxylic acid groups (broad SMARTS) is 1. The van der Waals surface area contributed by atoms with Gasteiger partial charge in [-0.3, -0.25) is 4.98 Å². The number of carbonyl (C=O) groups is 1. The Labute approximate surface area is 114 Å². The van der Waals surface area contributed by atoms with Gasteiger partial charge in [0.1, 0.15) is 17.4 Å². The van der Waals surface area contributed by atoms with Crippen LogP contribution in [-0.2, 0) is 0 Å². The summed E-state index contributed by atoms with van der Waals surface area (Å²) >= 11 is 0. The van der Waals surface area contributed by atoms with Crippen LogP contribution in [0.2, 0.25) is 0 Å². The van der Waals surface area contributed by atoms with Crippen LogP contribution in [0.15, 0.2) is 18.5 Å². The number of aromatic nitrogens is 3. The number of carboxylic acids is 1. The van der Waals surface area contributed by atoms with Crippen LogP contribution < -0.4 is 4.74 Å². The average molecular weight is 270 g/mol. The van der Waals surface area contributed by atoms with Gasteiger partial charge in [-0.15, -0.1) is 5.10 Å². The zero-order chi connectivity index (χ0) is 14.7. The van der Waals surface area contributed by atoms with Gasteiger partial charge >= 0.3 is 5.97 Å². The van der Waals surface area contributed by atoms with Crippen molar-refractivity contribution in [2.24, 2.45) is 0 Å². The van der Waals surface area contributed by atoms with Crippen LogP contribution in [0.25, 0.3) is 0 Å². The fourth-order valence-electron chi connectivity index (χ4n) is 1.49. The Kier molecular flexibility index (Phi) is 3.57. The minimum Gasteiger partial charge on any atom is -0.478 e. The molecule has 2 heterocycles. The third-order valence-electron chi connectivity index (χ3n) is 2.71. The summed E-state index contributed by atoms with van der Waals surface area (Å²) in [6.07, 6.45) is 2.54. The predicted octanol–water partition coefficient (Wildman–Crippen LogP) is 1.85. The standard InChI is InChI=1S/C13H10N4O3/c1-7-8(2)16-17-12(11(7)4-14)20-10-3-9(13(18)19)5-15-6-10/h3,5-6H,1-2H3,(H,18,19). The molecule has 0 aromatic carbocycles. The molecule has 0 fully saturated rings. The van der Waals surface area contributed by atoms with Crippen molar-refractivity contribution >= 4 is 5.97 Å². The highest BCUT2D eigenvalue weighted by molar-refractivity contribution is 5.87. The summed E-state index contributed by atoms with van der Waals surface area (Å²) < 4.78 is 5.41. The molecule has 0 amide bonds. The Morgan fingerprint density at radius 3 is 2.75 bits per heavy atom. The minimum absolute atomic E-state index is 0.0159. The SMILES string of the molecule is Cc1nnc(Oc2cncc(C(=O)O)c2)c(C#N)c1C. The van der Waals surface area contributed by atoms with Crippen LogP contribution >= 0.6 is 0 Å². The van der Waals surface area contributed by atoms with Crippen molar-refractivity contribution in [3.8, 4) is 17.7 Å². The van der Waals surface area contributed by atoms with Crippen LogP contribution in [0.1, 0.15) is 27.2 Å². The van der Waals surface area contributed by atoms with E-state index in [4.69, 9.17) is 15.1 Å². The number of aryl methyl sites for hydroxylation is 1. The van der Waals surface area contributed by atoms with Gasteiger partial charge in [0.25, 0.3) is 5.88 Å². The zero-order valence-electron chi connectivity index (χ0n) is 10.8. The van der Waals surface area contributed by atoms with Gasteiger partial charge in [-0.05, 0) is 25.5 Å². The molecule has 0 bridgehead atoms. The van der Waals surface area contributed by atoms with Crippen LogP contribution in [0, 0.1) is 25.2 Å². The van der Waals surface area contributed by atoms with E-state index in [9.17, 15) is 4.79 Å². The molecular formula is C13H10N4O3. The summed E-state index contributed by atoms with van der Waals surface area (Å²) in [6, 6.07) is 3.30. The lowest BCUT2D eigenvalue weighted by molar-refractivity contribution is 0.0696. The zero-order valence-corrected chi connectivity index (χ0v) is 10.8. The van der Waals surface area contributed by atoms with Gasteiger partial charge in [0.05, 0.1) is 17.5 Å². The lowest BCUT2D eigenvalue weighted by Crippen LogP contribution is -2.02. The van der Waals surface area contributed by atoms with Gasteiger partial charge in [-0.1, -0.05) is 0 Å².